The van der Waals surface area contributed by atoms with E-state index in [1.54, 1.807) is 24.1 Å². The van der Waals surface area contributed by atoms with E-state index in [-0.39, 0.29) is 17.0 Å². The predicted molar refractivity (Wildman–Crippen MR) is 90.4 cm³/mol. The molecule has 25 heavy (non-hydrogen) atoms. The van der Waals surface area contributed by atoms with Gasteiger partial charge in [-0.15, -0.1) is 0 Å². The monoisotopic (exact) mass is 340 g/mol. The smallest absolute Gasteiger partial charge is 0.335 e. The van der Waals surface area contributed by atoms with Crippen molar-refractivity contribution in [3.05, 3.63) is 52.3 Å². The number of nitrogens with zero attached hydrogens (tertiary/aromatic N) is 2. The van der Waals surface area contributed by atoms with E-state index in [2.05, 4.69) is 15.5 Å². The van der Waals surface area contributed by atoms with Crippen LogP contribution in [0.2, 0.25) is 0 Å². The molecule has 0 unspecified atom stereocenters. The number of fused-ring (bicyclic) bond motifs is 1. The summed E-state index contributed by atoms with van der Waals surface area (Å²) in [6, 6.07) is 6.80. The maximum atomic E-state index is 13.0. The van der Waals surface area contributed by atoms with E-state index >= 15 is 0 Å². The highest BCUT2D eigenvalue weighted by atomic mass is 16.4. The number of aromatic nitrogens is 2. The third-order valence-corrected chi connectivity index (χ3v) is 5.35. The highest BCUT2D eigenvalue weighted by Crippen LogP contribution is 2.50. The Hall–Kier alpha value is -2.67. The molecule has 1 saturated carbocycles. The van der Waals surface area contributed by atoms with Crippen molar-refractivity contribution in [3.8, 4) is 0 Å². The lowest BCUT2D eigenvalue weighted by Gasteiger charge is -2.28. The molecule has 0 radical (unpaired) electrons. The van der Waals surface area contributed by atoms with Gasteiger partial charge in [-0.3, -0.25) is 9.89 Å². The number of carboxylic acid groups (broad SMARTS) is 1. The van der Waals surface area contributed by atoms with Gasteiger partial charge in [-0.2, -0.15) is 5.10 Å². The Labute approximate surface area is 145 Å². The largest absolute Gasteiger partial charge is 0.478 e. The minimum absolute atomic E-state index is 0.0963. The van der Waals surface area contributed by atoms with Crippen LogP contribution >= 0.6 is 0 Å². The molecule has 0 saturated heterocycles. The molecule has 1 amide bonds. The maximum Gasteiger partial charge on any atom is 0.335 e. The van der Waals surface area contributed by atoms with Gasteiger partial charge in [0, 0.05) is 37.8 Å². The molecule has 1 aliphatic heterocycles. The quantitative estimate of drug-likeness (QED) is 0.784. The Morgan fingerprint density at radius 3 is 2.60 bits per heavy atom. The zero-order chi connectivity index (χ0) is 17.6. The number of carbonyl (C=O) groups excluding carboxylic acids is 1. The van der Waals surface area contributed by atoms with Crippen molar-refractivity contribution in [2.45, 2.75) is 31.3 Å². The van der Waals surface area contributed by atoms with Crippen LogP contribution in [0.4, 0.5) is 0 Å². The standard InChI is InChI=1S/C18H20N4O3/c1-22(16(23)15-13-10-19-9-6-14(13)20-21-15)18(7-8-18)12-4-2-11(3-5-12)17(24)25/h2-5,19H,6-10H2,1H3,(H,20,21)(H,24,25). The Bertz CT molecular complexity index is 837. The molecular formula is C18H20N4O3. The van der Waals surface area contributed by atoms with Crippen molar-refractivity contribution in [1.82, 2.24) is 20.4 Å². The summed E-state index contributed by atoms with van der Waals surface area (Å²) < 4.78 is 0. The number of hydrogen-bond acceptors (Lipinski definition) is 4. The van der Waals surface area contributed by atoms with Gasteiger partial charge in [0.2, 0.25) is 0 Å². The Morgan fingerprint density at radius 2 is 1.96 bits per heavy atom. The second-order valence-electron chi connectivity index (χ2n) is 6.73. The van der Waals surface area contributed by atoms with Gasteiger partial charge >= 0.3 is 5.97 Å². The number of carbonyl (C=O) groups is 2. The van der Waals surface area contributed by atoms with E-state index in [4.69, 9.17) is 5.11 Å². The highest BCUT2D eigenvalue weighted by Gasteiger charge is 2.50. The summed E-state index contributed by atoms with van der Waals surface area (Å²) in [7, 11) is 1.80. The normalized spacial score (nSPS) is 17.6. The van der Waals surface area contributed by atoms with E-state index in [1.807, 2.05) is 12.1 Å². The number of carboxylic acids is 1. The van der Waals surface area contributed by atoms with Gasteiger partial charge in [0.25, 0.3) is 5.91 Å². The summed E-state index contributed by atoms with van der Waals surface area (Å²) in [6.45, 7) is 1.54. The van der Waals surface area contributed by atoms with Crippen LogP contribution in [0, 0.1) is 0 Å². The molecular weight excluding hydrogens is 320 g/mol. The van der Waals surface area contributed by atoms with Crippen molar-refractivity contribution in [2.24, 2.45) is 0 Å². The average molecular weight is 340 g/mol. The average Bonchev–Trinajstić information content (AvgIpc) is 3.34. The second-order valence-corrected chi connectivity index (χ2v) is 6.73. The van der Waals surface area contributed by atoms with E-state index in [0.29, 0.717) is 12.2 Å². The van der Waals surface area contributed by atoms with E-state index in [9.17, 15) is 9.59 Å². The molecule has 2 aromatic rings. The minimum Gasteiger partial charge on any atom is -0.478 e. The predicted octanol–water partition coefficient (Wildman–Crippen LogP) is 1.51. The van der Waals surface area contributed by atoms with E-state index in [1.165, 1.54) is 0 Å². The molecule has 3 N–H and O–H groups in total. The number of hydrogen-bond donors (Lipinski definition) is 3. The summed E-state index contributed by atoms with van der Waals surface area (Å²) >= 11 is 0. The summed E-state index contributed by atoms with van der Waals surface area (Å²) in [5.41, 5.74) is 3.34. The van der Waals surface area contributed by atoms with Crippen molar-refractivity contribution in [1.29, 1.82) is 0 Å². The summed E-state index contributed by atoms with van der Waals surface area (Å²) in [5, 5.41) is 19.6. The lowest BCUT2D eigenvalue weighted by molar-refractivity contribution is 0.0684. The molecule has 0 spiro atoms. The topological polar surface area (TPSA) is 98.3 Å². The molecule has 2 aliphatic rings. The van der Waals surface area contributed by atoms with Gasteiger partial charge in [-0.1, -0.05) is 12.1 Å². The molecule has 4 rings (SSSR count). The van der Waals surface area contributed by atoms with Gasteiger partial charge in [0.15, 0.2) is 5.69 Å². The molecule has 0 atom stereocenters. The number of aromatic carboxylic acids is 1. The van der Waals surface area contributed by atoms with Crippen LogP contribution in [0.5, 0.6) is 0 Å². The molecule has 7 heteroatoms. The SMILES string of the molecule is CN(C(=O)c1n[nH]c2c1CNCC2)C1(c2ccc(C(=O)O)cc2)CC1. The summed E-state index contributed by atoms with van der Waals surface area (Å²) in [6.07, 6.45) is 2.58. The third-order valence-electron chi connectivity index (χ3n) is 5.35. The molecule has 1 aliphatic carbocycles. The number of H-pyrrole nitrogens is 1. The summed E-state index contributed by atoms with van der Waals surface area (Å²) in [5.74, 6) is -1.04. The zero-order valence-electron chi connectivity index (χ0n) is 14.0. The van der Waals surface area contributed by atoms with E-state index in [0.717, 1.165) is 42.6 Å². The third kappa shape index (κ3) is 2.51. The van der Waals surface area contributed by atoms with Crippen LogP contribution in [-0.2, 0) is 18.5 Å². The summed E-state index contributed by atoms with van der Waals surface area (Å²) in [4.78, 5) is 25.8. The van der Waals surface area contributed by atoms with Crippen molar-refractivity contribution >= 4 is 11.9 Å². The number of benzene rings is 1. The number of nitrogens with one attached hydrogen (secondary N) is 2. The number of rotatable bonds is 4. The van der Waals surface area contributed by atoms with Crippen LogP contribution < -0.4 is 5.32 Å². The van der Waals surface area contributed by atoms with Crippen molar-refractivity contribution in [3.63, 3.8) is 0 Å². The van der Waals surface area contributed by atoms with Crippen LogP contribution in [0.25, 0.3) is 0 Å². The molecule has 7 nitrogen and oxygen atoms in total. The first-order valence-corrected chi connectivity index (χ1v) is 8.42. The zero-order valence-corrected chi connectivity index (χ0v) is 14.0. The molecule has 1 aromatic carbocycles. The lowest BCUT2D eigenvalue weighted by atomic mass is 10.00. The van der Waals surface area contributed by atoms with Crippen LogP contribution in [-0.4, -0.2) is 45.7 Å². The lowest BCUT2D eigenvalue weighted by Crippen LogP contribution is -2.38. The fourth-order valence-electron chi connectivity index (χ4n) is 3.61. The number of amides is 1. The Morgan fingerprint density at radius 1 is 1.24 bits per heavy atom. The van der Waals surface area contributed by atoms with Gasteiger partial charge in [-0.05, 0) is 30.5 Å². The molecule has 130 valence electrons. The van der Waals surface area contributed by atoms with Gasteiger partial charge in [0.1, 0.15) is 0 Å². The first kappa shape index (κ1) is 15.8. The van der Waals surface area contributed by atoms with Crippen LogP contribution in [0.15, 0.2) is 24.3 Å². The van der Waals surface area contributed by atoms with Crippen LogP contribution in [0.1, 0.15) is 50.5 Å². The van der Waals surface area contributed by atoms with Crippen LogP contribution in [0.3, 0.4) is 0 Å². The van der Waals surface area contributed by atoms with Gasteiger partial charge < -0.3 is 15.3 Å². The minimum atomic E-state index is -0.948. The maximum absolute atomic E-state index is 13.0. The first-order chi connectivity index (χ1) is 12.0. The van der Waals surface area contributed by atoms with E-state index < -0.39 is 5.97 Å². The van der Waals surface area contributed by atoms with Gasteiger partial charge in [0.05, 0.1) is 11.1 Å². The van der Waals surface area contributed by atoms with Crippen molar-refractivity contribution < 1.29 is 14.7 Å². The first-order valence-electron chi connectivity index (χ1n) is 8.42. The Balaban J connectivity index is 1.61. The fourth-order valence-corrected chi connectivity index (χ4v) is 3.61. The Kier molecular flexibility index (Phi) is 3.61. The fraction of sp³-hybridized carbons (Fsp3) is 0.389. The second kappa shape index (κ2) is 5.70. The molecule has 2 heterocycles. The van der Waals surface area contributed by atoms with Crippen molar-refractivity contribution in [2.75, 3.05) is 13.6 Å². The highest BCUT2D eigenvalue weighted by molar-refractivity contribution is 5.95. The number of aromatic amines is 1. The molecule has 1 fully saturated rings. The molecule has 1 aromatic heterocycles. The molecule has 0 bridgehead atoms. The van der Waals surface area contributed by atoms with Gasteiger partial charge in [-0.25, -0.2) is 4.79 Å².